The number of H-pyrrole nitrogens is 2. The number of aromatic amines is 2. The van der Waals surface area contributed by atoms with Crippen LogP contribution in [-0.4, -0.2) is 46.8 Å². The van der Waals surface area contributed by atoms with Gasteiger partial charge in [-0.1, -0.05) is 49.8 Å². The van der Waals surface area contributed by atoms with E-state index in [1.807, 2.05) is 26.0 Å². The lowest BCUT2D eigenvalue weighted by molar-refractivity contribution is -0.143. The van der Waals surface area contributed by atoms with Gasteiger partial charge in [-0.2, -0.15) is 0 Å². The molecule has 9 heteroatoms. The standard InChI is InChI=1S/C45H56N4O5/c1-11-29-25(6)32-20-34-27(8)31(16-17-38(50)54-19-18-24(5)15-13-14-23(3)4)42(48-34)40-41(45(52)53-10)44(51)39-28(9)35(49-43(39)40)22-37-30(12-2)26(7)33(47-37)21-36(29)46-32/h11-12,14,18,20-22,26-27,31,41-42,46-49,51H,1,13,15-17,19H2,2-10H3/b24-18+,30-12+,33-21-,34-20-,37-22-/t26-,27+,31+,41-,42-/m1/s1. The summed E-state index contributed by atoms with van der Waals surface area (Å²) in [7, 11) is 1.35. The summed E-state index contributed by atoms with van der Waals surface area (Å²) in [5.41, 5.74) is 13.0. The number of allylic oxidation sites excluding steroid dienone is 7. The second-order valence-electron chi connectivity index (χ2n) is 15.4. The summed E-state index contributed by atoms with van der Waals surface area (Å²) in [6, 6.07) is -0.397. The number of rotatable bonds is 10. The zero-order valence-electron chi connectivity index (χ0n) is 33.3. The molecule has 8 bridgehead atoms. The van der Waals surface area contributed by atoms with E-state index in [2.05, 4.69) is 99.1 Å². The second-order valence-corrected chi connectivity index (χ2v) is 15.4. The van der Waals surface area contributed by atoms with Crippen LogP contribution in [-0.2, 0) is 19.1 Å². The van der Waals surface area contributed by atoms with Gasteiger partial charge in [0, 0.05) is 63.2 Å². The molecule has 3 aliphatic heterocycles. The van der Waals surface area contributed by atoms with Crippen molar-refractivity contribution in [2.24, 2.45) is 23.7 Å². The summed E-state index contributed by atoms with van der Waals surface area (Å²) in [6.07, 6.45) is 17.2. The lowest BCUT2D eigenvalue weighted by Crippen LogP contribution is -2.38. The molecule has 2 fully saturated rings. The first-order chi connectivity index (χ1) is 25.8. The summed E-state index contributed by atoms with van der Waals surface area (Å²) in [5.74, 6) is -1.85. The predicted molar refractivity (Wildman–Crippen MR) is 218 cm³/mol. The van der Waals surface area contributed by atoms with Crippen LogP contribution in [0.25, 0.3) is 35.6 Å². The van der Waals surface area contributed by atoms with Gasteiger partial charge in [-0.15, -0.1) is 0 Å². The number of fused-ring (bicyclic) bond motifs is 8. The highest BCUT2D eigenvalue weighted by atomic mass is 16.5. The van der Waals surface area contributed by atoms with Crippen LogP contribution in [0.4, 0.5) is 0 Å². The van der Waals surface area contributed by atoms with Crippen LogP contribution < -0.4 is 21.2 Å². The van der Waals surface area contributed by atoms with Crippen molar-refractivity contribution in [3.8, 4) is 0 Å². The van der Waals surface area contributed by atoms with Gasteiger partial charge >= 0.3 is 11.9 Å². The molecule has 2 saturated heterocycles. The molecule has 286 valence electrons. The third kappa shape index (κ3) is 7.08. The van der Waals surface area contributed by atoms with Crippen LogP contribution in [0.5, 0.6) is 0 Å². The molecule has 0 amide bonds. The largest absolute Gasteiger partial charge is 0.510 e. The van der Waals surface area contributed by atoms with Crippen LogP contribution >= 0.6 is 0 Å². The van der Waals surface area contributed by atoms with Crippen molar-refractivity contribution < 1.29 is 24.2 Å². The number of aliphatic hydroxyl groups is 1. The van der Waals surface area contributed by atoms with Crippen molar-refractivity contribution >= 4 is 47.6 Å². The Hall–Kier alpha value is -5.18. The lowest BCUT2D eigenvalue weighted by Gasteiger charge is -2.26. The Labute approximate surface area is 319 Å². The van der Waals surface area contributed by atoms with E-state index >= 15 is 0 Å². The number of carbonyl (C=O) groups excluding carboxylic acids is 2. The molecule has 0 saturated carbocycles. The number of hydrogen-bond acceptors (Lipinski definition) is 7. The number of carbonyl (C=O) groups is 2. The van der Waals surface area contributed by atoms with Crippen LogP contribution in [0.2, 0.25) is 0 Å². The Morgan fingerprint density at radius 2 is 1.69 bits per heavy atom. The molecule has 0 spiro atoms. The average molecular weight is 733 g/mol. The number of ether oxygens (including phenoxy) is 2. The van der Waals surface area contributed by atoms with Gasteiger partial charge < -0.3 is 35.2 Å². The lowest BCUT2D eigenvalue weighted by atomic mass is 9.80. The Balaban J connectivity index is 1.45. The number of nitrogens with one attached hydrogen (secondary N) is 4. The van der Waals surface area contributed by atoms with E-state index in [0.29, 0.717) is 22.6 Å². The first-order valence-electron chi connectivity index (χ1n) is 19.2. The van der Waals surface area contributed by atoms with E-state index in [9.17, 15) is 14.7 Å². The minimum atomic E-state index is -0.995. The topological polar surface area (TPSA) is 128 Å². The monoisotopic (exact) mass is 732 g/mol. The average Bonchev–Trinajstić information content (AvgIpc) is 3.87. The molecule has 6 rings (SSSR count). The molecular weight excluding hydrogens is 677 g/mol. The third-order valence-corrected chi connectivity index (χ3v) is 11.8. The van der Waals surface area contributed by atoms with Gasteiger partial charge in [0.15, 0.2) is 0 Å². The quantitative estimate of drug-likeness (QED) is 0.127. The Morgan fingerprint density at radius 3 is 2.37 bits per heavy atom. The second kappa shape index (κ2) is 15.7. The molecule has 4 aliphatic rings. The minimum Gasteiger partial charge on any atom is -0.510 e. The fourth-order valence-corrected chi connectivity index (χ4v) is 8.63. The smallest absolute Gasteiger partial charge is 0.320 e. The number of aliphatic hydroxyl groups excluding tert-OH is 1. The molecule has 5 heterocycles. The number of methoxy groups -OCH3 is 1. The van der Waals surface area contributed by atoms with Crippen molar-refractivity contribution in [1.29, 1.82) is 0 Å². The van der Waals surface area contributed by atoms with E-state index in [1.54, 1.807) is 0 Å². The number of esters is 2. The molecule has 0 radical (unpaired) electrons. The number of hydrogen-bond donors (Lipinski definition) is 5. The molecule has 2 aromatic rings. The maximum atomic E-state index is 13.6. The first kappa shape index (κ1) is 38.5. The summed E-state index contributed by atoms with van der Waals surface area (Å²) >= 11 is 0. The third-order valence-electron chi connectivity index (χ3n) is 11.8. The Bertz CT molecular complexity index is 2200. The summed E-state index contributed by atoms with van der Waals surface area (Å²) in [5, 5.41) is 20.7. The van der Waals surface area contributed by atoms with Crippen molar-refractivity contribution in [1.82, 2.24) is 20.6 Å². The van der Waals surface area contributed by atoms with E-state index in [4.69, 9.17) is 9.47 Å². The fourth-order valence-electron chi connectivity index (χ4n) is 8.63. The van der Waals surface area contributed by atoms with Crippen molar-refractivity contribution in [2.45, 2.75) is 87.1 Å². The van der Waals surface area contributed by atoms with Crippen molar-refractivity contribution in [2.75, 3.05) is 13.7 Å². The van der Waals surface area contributed by atoms with Gasteiger partial charge in [-0.3, -0.25) is 9.59 Å². The van der Waals surface area contributed by atoms with Crippen LogP contribution in [0.15, 0.2) is 58.6 Å². The zero-order chi connectivity index (χ0) is 39.0. The van der Waals surface area contributed by atoms with Crippen molar-refractivity contribution in [3.63, 3.8) is 0 Å². The highest BCUT2D eigenvalue weighted by molar-refractivity contribution is 5.96. The van der Waals surface area contributed by atoms with Gasteiger partial charge in [-0.05, 0) is 113 Å². The highest BCUT2D eigenvalue weighted by Crippen LogP contribution is 2.43. The zero-order valence-corrected chi connectivity index (χ0v) is 33.3. The molecular formula is C45H56N4O5. The van der Waals surface area contributed by atoms with Gasteiger partial charge in [0.05, 0.1) is 18.5 Å². The van der Waals surface area contributed by atoms with Crippen molar-refractivity contribution in [3.05, 3.63) is 103 Å². The molecule has 54 heavy (non-hydrogen) atoms. The Kier molecular flexibility index (Phi) is 11.2. The molecule has 9 nitrogen and oxygen atoms in total. The van der Waals surface area contributed by atoms with E-state index < -0.39 is 17.9 Å². The van der Waals surface area contributed by atoms with Crippen LogP contribution in [0.1, 0.15) is 101 Å². The predicted octanol–water partition coefficient (Wildman–Crippen LogP) is 7.38. The molecule has 0 unspecified atom stereocenters. The van der Waals surface area contributed by atoms with Gasteiger partial charge in [-0.25, -0.2) is 0 Å². The summed E-state index contributed by atoms with van der Waals surface area (Å²) in [4.78, 5) is 34.1. The maximum absolute atomic E-state index is 13.6. The van der Waals surface area contributed by atoms with E-state index in [-0.39, 0.29) is 42.5 Å². The summed E-state index contributed by atoms with van der Waals surface area (Å²) in [6.45, 7) is 21.1. The minimum absolute atomic E-state index is 0.0248. The molecule has 0 aromatic carbocycles. The summed E-state index contributed by atoms with van der Waals surface area (Å²) < 4.78 is 11.0. The highest BCUT2D eigenvalue weighted by Gasteiger charge is 2.47. The Morgan fingerprint density at radius 1 is 0.963 bits per heavy atom. The van der Waals surface area contributed by atoms with E-state index in [0.717, 1.165) is 69.3 Å². The molecule has 2 aromatic heterocycles. The molecule has 5 N–H and O–H groups in total. The van der Waals surface area contributed by atoms with Gasteiger partial charge in [0.25, 0.3) is 0 Å². The van der Waals surface area contributed by atoms with Crippen LogP contribution in [0.3, 0.4) is 0 Å². The maximum Gasteiger partial charge on any atom is 0.320 e. The molecule has 1 aliphatic carbocycles. The van der Waals surface area contributed by atoms with Crippen LogP contribution in [0, 0.1) is 37.5 Å². The van der Waals surface area contributed by atoms with Gasteiger partial charge in [0.2, 0.25) is 0 Å². The number of aromatic nitrogens is 2. The fraction of sp³-hybridized carbons (Fsp3) is 0.422. The van der Waals surface area contributed by atoms with E-state index in [1.165, 1.54) is 18.3 Å². The molecule has 5 atom stereocenters. The van der Waals surface area contributed by atoms with Gasteiger partial charge in [0.1, 0.15) is 18.3 Å². The first-order valence-corrected chi connectivity index (χ1v) is 19.2. The normalized spacial score (nSPS) is 26.6. The SMILES string of the molecule is C=Cc1c2[nH]c(c1C)/C=C1\N[C@@H](C3=c4[nH]c(c(C)c4=C(O)[C@@H]3C(=O)OC)/C=C3\N/C(=C\2)[C@H](C)\C3=C/C)[C@@H](CCC(=O)OC/C=C(\C)CCC=C(C)C)[C@@H]1C.